The molecule has 0 bridgehead atoms. The Balaban J connectivity index is 2.91. The summed E-state index contributed by atoms with van der Waals surface area (Å²) in [7, 11) is 0. The molecule has 0 aliphatic heterocycles. The number of anilines is 1. The third-order valence-corrected chi connectivity index (χ3v) is 3.31. The van der Waals surface area contributed by atoms with Crippen LogP contribution in [0.1, 0.15) is 43.1 Å². The first-order chi connectivity index (χ1) is 8.12. The highest BCUT2D eigenvalue weighted by Crippen LogP contribution is 2.22. The summed E-state index contributed by atoms with van der Waals surface area (Å²) in [5.74, 6) is 0.695. The van der Waals surface area contributed by atoms with E-state index < -0.39 is 0 Å². The summed E-state index contributed by atoms with van der Waals surface area (Å²) in [5.41, 5.74) is 3.18. The molecule has 0 saturated heterocycles. The lowest BCUT2D eigenvalue weighted by Gasteiger charge is -2.27. The molecule has 0 radical (unpaired) electrons. The molecule has 1 aromatic carbocycles. The smallest absolute Gasteiger partial charge is 0.150 e. The molecule has 1 atom stereocenters. The van der Waals surface area contributed by atoms with E-state index in [-0.39, 0.29) is 0 Å². The summed E-state index contributed by atoms with van der Waals surface area (Å²) in [6.07, 6.45) is 2.10. The van der Waals surface area contributed by atoms with Crippen molar-refractivity contribution in [2.24, 2.45) is 5.92 Å². The zero-order valence-corrected chi connectivity index (χ0v) is 11.4. The number of aryl methyl sites for hydroxylation is 1. The second-order valence-electron chi connectivity index (χ2n) is 4.72. The molecule has 0 heterocycles. The molecule has 1 aromatic rings. The molecule has 0 fully saturated rings. The van der Waals surface area contributed by atoms with Crippen LogP contribution < -0.4 is 4.90 Å². The van der Waals surface area contributed by atoms with Crippen LogP contribution in [0.25, 0.3) is 0 Å². The van der Waals surface area contributed by atoms with Crippen molar-refractivity contribution >= 4 is 12.0 Å². The predicted octanol–water partition coefficient (Wildman–Crippen LogP) is 3.68. The van der Waals surface area contributed by atoms with Crippen LogP contribution in [0, 0.1) is 12.8 Å². The average Bonchev–Trinajstić information content (AvgIpc) is 2.35. The Kier molecular flexibility index (Phi) is 5.20. The predicted molar refractivity (Wildman–Crippen MR) is 73.9 cm³/mol. The summed E-state index contributed by atoms with van der Waals surface area (Å²) < 4.78 is 0. The monoisotopic (exact) mass is 233 g/mol. The molecule has 1 rings (SSSR count). The highest BCUT2D eigenvalue weighted by Gasteiger charge is 2.10. The van der Waals surface area contributed by atoms with Crippen LogP contribution in [-0.2, 0) is 0 Å². The Morgan fingerprint density at radius 3 is 2.53 bits per heavy atom. The Hall–Kier alpha value is -1.31. The topological polar surface area (TPSA) is 20.3 Å². The fourth-order valence-electron chi connectivity index (χ4n) is 2.01. The molecule has 0 N–H and O–H groups in total. The van der Waals surface area contributed by atoms with Gasteiger partial charge in [-0.1, -0.05) is 20.3 Å². The molecule has 0 spiro atoms. The van der Waals surface area contributed by atoms with E-state index in [1.165, 1.54) is 17.7 Å². The molecule has 2 heteroatoms. The van der Waals surface area contributed by atoms with Crippen LogP contribution in [0.4, 0.5) is 5.69 Å². The summed E-state index contributed by atoms with van der Waals surface area (Å²) in [6.45, 7) is 10.8. The molecule has 17 heavy (non-hydrogen) atoms. The van der Waals surface area contributed by atoms with E-state index in [4.69, 9.17) is 0 Å². The molecule has 0 aliphatic carbocycles. The number of nitrogens with zero attached hydrogens (tertiary/aromatic N) is 1. The number of aldehydes is 1. The maximum Gasteiger partial charge on any atom is 0.150 e. The first-order valence-corrected chi connectivity index (χ1v) is 6.43. The maximum absolute atomic E-state index is 10.7. The fraction of sp³-hybridized carbons (Fsp3) is 0.533. The normalized spacial score (nSPS) is 12.2. The Morgan fingerprint density at radius 1 is 1.35 bits per heavy atom. The number of hydrogen-bond acceptors (Lipinski definition) is 2. The largest absolute Gasteiger partial charge is 0.371 e. The van der Waals surface area contributed by atoms with Gasteiger partial charge >= 0.3 is 0 Å². The summed E-state index contributed by atoms with van der Waals surface area (Å²) in [4.78, 5) is 13.1. The van der Waals surface area contributed by atoms with Gasteiger partial charge in [-0.2, -0.15) is 0 Å². The maximum atomic E-state index is 10.7. The molecule has 0 aromatic heterocycles. The third-order valence-electron chi connectivity index (χ3n) is 3.31. The van der Waals surface area contributed by atoms with Crippen LogP contribution in [0.15, 0.2) is 18.2 Å². The van der Waals surface area contributed by atoms with E-state index in [1.807, 2.05) is 12.1 Å². The molecule has 1 unspecified atom stereocenters. The van der Waals surface area contributed by atoms with E-state index >= 15 is 0 Å². The minimum atomic E-state index is 0.695. The van der Waals surface area contributed by atoms with Gasteiger partial charge in [0.2, 0.25) is 0 Å². The lowest BCUT2D eigenvalue weighted by atomic mass is 10.1. The van der Waals surface area contributed by atoms with Crippen molar-refractivity contribution in [2.45, 2.75) is 34.1 Å². The Morgan fingerprint density at radius 2 is 2.06 bits per heavy atom. The molecular formula is C15H23NO. The van der Waals surface area contributed by atoms with Crippen molar-refractivity contribution in [1.29, 1.82) is 0 Å². The van der Waals surface area contributed by atoms with Crippen LogP contribution >= 0.6 is 0 Å². The second-order valence-corrected chi connectivity index (χ2v) is 4.72. The number of carbonyl (C=O) groups excluding carboxylic acids is 1. The van der Waals surface area contributed by atoms with E-state index in [9.17, 15) is 4.79 Å². The van der Waals surface area contributed by atoms with Gasteiger partial charge in [0.15, 0.2) is 0 Å². The summed E-state index contributed by atoms with van der Waals surface area (Å²) in [5, 5.41) is 0. The van der Waals surface area contributed by atoms with Crippen molar-refractivity contribution in [3.8, 4) is 0 Å². The number of carbonyl (C=O) groups is 1. The van der Waals surface area contributed by atoms with Gasteiger partial charge < -0.3 is 4.90 Å². The van der Waals surface area contributed by atoms with E-state index in [1.54, 1.807) is 0 Å². The third kappa shape index (κ3) is 3.58. The van der Waals surface area contributed by atoms with Gasteiger partial charge in [-0.05, 0) is 43.5 Å². The first kappa shape index (κ1) is 13.8. The fourth-order valence-corrected chi connectivity index (χ4v) is 2.01. The Labute approximate surface area is 105 Å². The number of hydrogen-bond donors (Lipinski definition) is 0. The SMILES string of the molecule is CCC(C)CN(CC)c1ccc(C=O)cc1C. The van der Waals surface area contributed by atoms with Crippen molar-refractivity contribution < 1.29 is 4.79 Å². The lowest BCUT2D eigenvalue weighted by molar-refractivity contribution is 0.112. The first-order valence-electron chi connectivity index (χ1n) is 6.43. The van der Waals surface area contributed by atoms with Crippen LogP contribution in [-0.4, -0.2) is 19.4 Å². The van der Waals surface area contributed by atoms with Gasteiger partial charge in [0, 0.05) is 24.3 Å². The molecule has 0 aliphatic rings. The molecule has 94 valence electrons. The zero-order valence-electron chi connectivity index (χ0n) is 11.4. The van der Waals surface area contributed by atoms with Gasteiger partial charge in [-0.15, -0.1) is 0 Å². The Bertz CT molecular complexity index is 373. The molecule has 2 nitrogen and oxygen atoms in total. The van der Waals surface area contributed by atoms with Gasteiger partial charge in [0.25, 0.3) is 0 Å². The molecular weight excluding hydrogens is 210 g/mol. The number of benzene rings is 1. The van der Waals surface area contributed by atoms with Crippen molar-refractivity contribution in [2.75, 3.05) is 18.0 Å². The summed E-state index contributed by atoms with van der Waals surface area (Å²) in [6, 6.07) is 5.92. The van der Waals surface area contributed by atoms with Crippen LogP contribution in [0.5, 0.6) is 0 Å². The van der Waals surface area contributed by atoms with Gasteiger partial charge in [0.1, 0.15) is 6.29 Å². The second kappa shape index (κ2) is 6.43. The average molecular weight is 233 g/mol. The minimum Gasteiger partial charge on any atom is -0.371 e. The van der Waals surface area contributed by atoms with Crippen LogP contribution in [0.3, 0.4) is 0 Å². The summed E-state index contributed by atoms with van der Waals surface area (Å²) >= 11 is 0. The van der Waals surface area contributed by atoms with Gasteiger partial charge in [0.05, 0.1) is 0 Å². The van der Waals surface area contributed by atoms with E-state index in [0.717, 1.165) is 24.9 Å². The van der Waals surface area contributed by atoms with E-state index in [2.05, 4.69) is 38.7 Å². The van der Waals surface area contributed by atoms with Crippen molar-refractivity contribution in [3.63, 3.8) is 0 Å². The van der Waals surface area contributed by atoms with E-state index in [0.29, 0.717) is 5.92 Å². The van der Waals surface area contributed by atoms with Crippen LogP contribution in [0.2, 0.25) is 0 Å². The zero-order chi connectivity index (χ0) is 12.8. The quantitative estimate of drug-likeness (QED) is 0.699. The lowest BCUT2D eigenvalue weighted by Crippen LogP contribution is -2.28. The molecule has 0 saturated carbocycles. The van der Waals surface area contributed by atoms with Gasteiger partial charge in [-0.25, -0.2) is 0 Å². The van der Waals surface area contributed by atoms with Crippen molar-refractivity contribution in [1.82, 2.24) is 0 Å². The highest BCUT2D eigenvalue weighted by molar-refractivity contribution is 5.76. The number of rotatable bonds is 6. The minimum absolute atomic E-state index is 0.695. The van der Waals surface area contributed by atoms with Crippen molar-refractivity contribution in [3.05, 3.63) is 29.3 Å². The molecule has 0 amide bonds. The highest BCUT2D eigenvalue weighted by atomic mass is 16.1. The standard InChI is InChI=1S/C15H23NO/c1-5-12(3)10-16(6-2)15-8-7-14(11-17)9-13(15)4/h7-9,11-12H,5-6,10H2,1-4H3. The van der Waals surface area contributed by atoms with Gasteiger partial charge in [-0.3, -0.25) is 4.79 Å².